The quantitative estimate of drug-likeness (QED) is 0.376. The van der Waals surface area contributed by atoms with Crippen molar-refractivity contribution in [2.24, 2.45) is 0 Å². The maximum Gasteiger partial charge on any atom is 0.425 e. The third kappa shape index (κ3) is 5.70. The number of hydrogen-bond acceptors (Lipinski definition) is 5. The zero-order valence-electron chi connectivity index (χ0n) is 15.9. The van der Waals surface area contributed by atoms with Gasteiger partial charge in [0.1, 0.15) is 11.5 Å². The molecular formula is C21H24FNO5. The summed E-state index contributed by atoms with van der Waals surface area (Å²) in [4.78, 5) is 24.4. The summed E-state index contributed by atoms with van der Waals surface area (Å²) in [5.74, 6) is -5.56. The lowest BCUT2D eigenvalue weighted by atomic mass is 10.2. The van der Waals surface area contributed by atoms with Crippen LogP contribution in [0.25, 0.3) is 0 Å². The van der Waals surface area contributed by atoms with Crippen LogP contribution in [0.1, 0.15) is 26.2 Å². The van der Waals surface area contributed by atoms with E-state index in [0.717, 1.165) is 26.4 Å². The number of benzene rings is 2. The molecule has 1 amide bonds. The number of carbonyl (C=O) groups is 2. The Balaban J connectivity index is 2.11. The Morgan fingerprint density at radius 1 is 1.04 bits per heavy atom. The van der Waals surface area contributed by atoms with E-state index >= 15 is 4.39 Å². The SMILES string of the molecule is CCCCCOc1cccc(NC(=O)C(F)(Oc2ccccc2)C(=O)OC)c1. The summed E-state index contributed by atoms with van der Waals surface area (Å²) in [5.41, 5.74) is 0.264. The van der Waals surface area contributed by atoms with E-state index in [1.54, 1.807) is 42.5 Å². The van der Waals surface area contributed by atoms with Gasteiger partial charge in [0.2, 0.25) is 0 Å². The number of methoxy groups -OCH3 is 1. The highest BCUT2D eigenvalue weighted by molar-refractivity contribution is 6.10. The van der Waals surface area contributed by atoms with Crippen LogP contribution in [-0.4, -0.2) is 31.4 Å². The van der Waals surface area contributed by atoms with Crippen LogP contribution in [0.15, 0.2) is 54.6 Å². The Morgan fingerprint density at radius 3 is 2.43 bits per heavy atom. The van der Waals surface area contributed by atoms with Crippen LogP contribution < -0.4 is 14.8 Å². The lowest BCUT2D eigenvalue weighted by Gasteiger charge is -2.22. The Morgan fingerprint density at radius 2 is 1.75 bits per heavy atom. The second-order valence-electron chi connectivity index (χ2n) is 6.04. The minimum Gasteiger partial charge on any atom is -0.494 e. The van der Waals surface area contributed by atoms with Crippen LogP contribution in [0.3, 0.4) is 0 Å². The number of amides is 1. The first-order valence-electron chi connectivity index (χ1n) is 9.05. The van der Waals surface area contributed by atoms with Gasteiger partial charge in [-0.15, -0.1) is 0 Å². The fraction of sp³-hybridized carbons (Fsp3) is 0.333. The summed E-state index contributed by atoms with van der Waals surface area (Å²) in [6.07, 6.45) is 3.04. The second-order valence-corrected chi connectivity index (χ2v) is 6.04. The van der Waals surface area contributed by atoms with Gasteiger partial charge < -0.3 is 19.5 Å². The van der Waals surface area contributed by atoms with Crippen LogP contribution in [-0.2, 0) is 14.3 Å². The monoisotopic (exact) mass is 389 g/mol. The van der Waals surface area contributed by atoms with Crippen molar-refractivity contribution in [3.05, 3.63) is 54.6 Å². The molecule has 7 heteroatoms. The molecule has 28 heavy (non-hydrogen) atoms. The number of unbranched alkanes of at least 4 members (excludes halogenated alkanes) is 2. The summed E-state index contributed by atoms with van der Waals surface area (Å²) in [7, 11) is 0.975. The number of nitrogens with one attached hydrogen (secondary N) is 1. The number of anilines is 1. The fourth-order valence-electron chi connectivity index (χ4n) is 2.38. The number of hydrogen-bond donors (Lipinski definition) is 1. The van der Waals surface area contributed by atoms with Gasteiger partial charge in [-0.1, -0.05) is 44.0 Å². The molecule has 2 aromatic carbocycles. The molecule has 0 saturated heterocycles. The van der Waals surface area contributed by atoms with Gasteiger partial charge in [-0.3, -0.25) is 4.79 Å². The molecule has 0 aromatic heterocycles. The molecule has 0 aliphatic carbocycles. The Labute approximate surface area is 163 Å². The maximum atomic E-state index is 15.2. The van der Waals surface area contributed by atoms with E-state index in [1.165, 1.54) is 12.1 Å². The third-order valence-electron chi connectivity index (χ3n) is 3.85. The second kappa shape index (κ2) is 10.3. The molecule has 0 saturated carbocycles. The lowest BCUT2D eigenvalue weighted by Crippen LogP contribution is -2.51. The van der Waals surface area contributed by atoms with E-state index in [1.807, 2.05) is 0 Å². The number of rotatable bonds is 10. The van der Waals surface area contributed by atoms with Crippen molar-refractivity contribution in [3.63, 3.8) is 0 Å². The van der Waals surface area contributed by atoms with Crippen molar-refractivity contribution in [2.45, 2.75) is 32.0 Å². The van der Waals surface area contributed by atoms with E-state index in [-0.39, 0.29) is 11.4 Å². The van der Waals surface area contributed by atoms with Crippen LogP contribution in [0.4, 0.5) is 10.1 Å². The standard InChI is InChI=1S/C21H24FNO5/c1-3-4-8-14-27-18-13-9-10-16(15-18)23-19(24)21(22,20(25)26-2)28-17-11-6-5-7-12-17/h5-7,9-13,15H,3-4,8,14H2,1-2H3,(H,23,24). The van der Waals surface area contributed by atoms with Crippen LogP contribution >= 0.6 is 0 Å². The minimum atomic E-state index is -3.34. The molecule has 2 rings (SSSR count). The molecule has 0 aliphatic rings. The largest absolute Gasteiger partial charge is 0.494 e. The molecule has 0 spiro atoms. The molecule has 6 nitrogen and oxygen atoms in total. The van der Waals surface area contributed by atoms with Crippen molar-refractivity contribution < 1.29 is 28.2 Å². The number of para-hydroxylation sites is 1. The average molecular weight is 389 g/mol. The van der Waals surface area contributed by atoms with Gasteiger partial charge in [0, 0.05) is 11.8 Å². The van der Waals surface area contributed by atoms with Crippen molar-refractivity contribution in [1.82, 2.24) is 0 Å². The van der Waals surface area contributed by atoms with Crippen molar-refractivity contribution >= 4 is 17.6 Å². The van der Waals surface area contributed by atoms with Crippen molar-refractivity contribution in [2.75, 3.05) is 19.0 Å². The molecule has 0 heterocycles. The highest BCUT2D eigenvalue weighted by Gasteiger charge is 2.51. The van der Waals surface area contributed by atoms with Gasteiger partial charge in [0.15, 0.2) is 0 Å². The van der Waals surface area contributed by atoms with Gasteiger partial charge in [0.25, 0.3) is 0 Å². The van der Waals surface area contributed by atoms with Crippen LogP contribution in [0, 0.1) is 0 Å². The Kier molecular flexibility index (Phi) is 7.80. The van der Waals surface area contributed by atoms with Gasteiger partial charge >= 0.3 is 17.7 Å². The van der Waals surface area contributed by atoms with Gasteiger partial charge in [-0.25, -0.2) is 4.79 Å². The smallest absolute Gasteiger partial charge is 0.425 e. The zero-order valence-corrected chi connectivity index (χ0v) is 15.9. The summed E-state index contributed by atoms with van der Waals surface area (Å²) >= 11 is 0. The highest BCUT2D eigenvalue weighted by atomic mass is 19.2. The Bertz CT molecular complexity index is 783. The first-order valence-corrected chi connectivity index (χ1v) is 9.05. The summed E-state index contributed by atoms with van der Waals surface area (Å²) in [6, 6.07) is 14.2. The van der Waals surface area contributed by atoms with Crippen molar-refractivity contribution in [1.29, 1.82) is 0 Å². The summed E-state index contributed by atoms with van der Waals surface area (Å²) < 4.78 is 30.3. The molecule has 1 unspecified atom stereocenters. The molecule has 0 bridgehead atoms. The fourth-order valence-corrected chi connectivity index (χ4v) is 2.38. The Hall–Kier alpha value is -3.09. The first-order chi connectivity index (χ1) is 13.5. The van der Waals surface area contributed by atoms with Crippen LogP contribution in [0.5, 0.6) is 11.5 Å². The highest BCUT2D eigenvalue weighted by Crippen LogP contribution is 2.25. The zero-order chi connectivity index (χ0) is 20.4. The number of halogens is 1. The normalized spacial score (nSPS) is 12.5. The van der Waals surface area contributed by atoms with E-state index < -0.39 is 17.7 Å². The number of esters is 1. The third-order valence-corrected chi connectivity index (χ3v) is 3.85. The predicted molar refractivity (Wildman–Crippen MR) is 103 cm³/mol. The van der Waals surface area contributed by atoms with Gasteiger partial charge in [0.05, 0.1) is 13.7 Å². The number of carbonyl (C=O) groups excluding carboxylic acids is 2. The van der Waals surface area contributed by atoms with E-state index in [0.29, 0.717) is 12.4 Å². The molecule has 0 aliphatic heterocycles. The number of alkyl halides is 1. The molecule has 0 fully saturated rings. The van der Waals surface area contributed by atoms with Crippen LogP contribution in [0.2, 0.25) is 0 Å². The van der Waals surface area contributed by atoms with E-state index in [4.69, 9.17) is 9.47 Å². The average Bonchev–Trinajstić information content (AvgIpc) is 2.71. The first kappa shape index (κ1) is 21.2. The summed E-state index contributed by atoms with van der Waals surface area (Å²) in [6.45, 7) is 2.63. The minimum absolute atomic E-state index is 0.0126. The van der Waals surface area contributed by atoms with Gasteiger partial charge in [-0.05, 0) is 30.7 Å². The molecule has 1 atom stereocenters. The van der Waals surface area contributed by atoms with Gasteiger partial charge in [-0.2, -0.15) is 4.39 Å². The molecule has 1 N–H and O–H groups in total. The number of ether oxygens (including phenoxy) is 3. The lowest BCUT2D eigenvalue weighted by molar-refractivity contribution is -0.181. The molecule has 150 valence electrons. The predicted octanol–water partition coefficient (Wildman–Crippen LogP) is 4.11. The molecule has 2 aromatic rings. The van der Waals surface area contributed by atoms with E-state index in [9.17, 15) is 9.59 Å². The molecule has 0 radical (unpaired) electrons. The van der Waals surface area contributed by atoms with E-state index in [2.05, 4.69) is 17.0 Å². The van der Waals surface area contributed by atoms with Crippen molar-refractivity contribution in [3.8, 4) is 11.5 Å². The summed E-state index contributed by atoms with van der Waals surface area (Å²) in [5, 5.41) is 2.34. The maximum absolute atomic E-state index is 15.2. The topological polar surface area (TPSA) is 73.9 Å². The molecular weight excluding hydrogens is 365 g/mol.